The highest BCUT2D eigenvalue weighted by molar-refractivity contribution is 9.10. The number of pyridine rings is 1. The van der Waals surface area contributed by atoms with Crippen LogP contribution in [0.4, 0.5) is 0 Å². The van der Waals surface area contributed by atoms with Crippen molar-refractivity contribution in [2.24, 2.45) is 7.05 Å². The van der Waals surface area contributed by atoms with Crippen LogP contribution in [0.5, 0.6) is 0 Å². The van der Waals surface area contributed by atoms with E-state index in [0.29, 0.717) is 4.47 Å². The summed E-state index contributed by atoms with van der Waals surface area (Å²) in [4.78, 5) is 17.2. The van der Waals surface area contributed by atoms with Gasteiger partial charge in [0.2, 0.25) is 0 Å². The van der Waals surface area contributed by atoms with Crippen LogP contribution in [-0.2, 0) is 17.1 Å². The Hall–Kier alpha value is -1.13. The molecule has 0 fully saturated rings. The lowest BCUT2D eigenvalue weighted by atomic mass is 10.4. The average molecular weight is 428 g/mol. The number of aryl methyl sites for hydroxylation is 1. The van der Waals surface area contributed by atoms with Crippen molar-refractivity contribution in [1.82, 2.24) is 19.8 Å². The van der Waals surface area contributed by atoms with Gasteiger partial charge in [-0.25, -0.2) is 13.4 Å². The van der Waals surface area contributed by atoms with E-state index in [1.54, 1.807) is 19.3 Å². The summed E-state index contributed by atoms with van der Waals surface area (Å²) < 4.78 is 26.4. The highest BCUT2D eigenvalue weighted by Gasteiger charge is 2.21. The molecule has 1 amide bonds. The Labute approximate surface area is 144 Å². The standard InChI is InChI=1S/C11H9BrCl2N4O3S/c1-18-5-6(12)4-7(18)11(19)16-17-22(20,21)8-2-3-9(13)15-10(8)14/h2-5,17H,1H3,(H,16,19). The minimum absolute atomic E-state index is 0.0571. The summed E-state index contributed by atoms with van der Waals surface area (Å²) >= 11 is 14.6. The van der Waals surface area contributed by atoms with E-state index >= 15 is 0 Å². The monoisotopic (exact) mass is 426 g/mol. The van der Waals surface area contributed by atoms with Crippen LogP contribution in [0.3, 0.4) is 0 Å². The molecule has 0 saturated heterocycles. The second-order valence-electron chi connectivity index (χ2n) is 4.14. The van der Waals surface area contributed by atoms with Crippen molar-refractivity contribution >= 4 is 55.1 Å². The molecule has 0 radical (unpaired) electrons. The third-order valence-corrected chi connectivity index (χ3v) is 4.90. The molecular formula is C11H9BrCl2N4O3S. The maximum Gasteiger partial charge on any atom is 0.282 e. The molecule has 0 aromatic carbocycles. The van der Waals surface area contributed by atoms with Crippen molar-refractivity contribution in [3.63, 3.8) is 0 Å². The van der Waals surface area contributed by atoms with Gasteiger partial charge in [0, 0.05) is 17.7 Å². The Morgan fingerprint density at radius 1 is 1.36 bits per heavy atom. The quantitative estimate of drug-likeness (QED) is 0.577. The number of hydrazine groups is 1. The van der Waals surface area contributed by atoms with Gasteiger partial charge in [-0.2, -0.15) is 0 Å². The van der Waals surface area contributed by atoms with Crippen LogP contribution in [0.25, 0.3) is 0 Å². The number of rotatable bonds is 4. The summed E-state index contributed by atoms with van der Waals surface area (Å²) in [5.74, 6) is -0.630. The molecule has 0 aliphatic carbocycles. The average Bonchev–Trinajstić information content (AvgIpc) is 2.74. The molecular weight excluding hydrogens is 419 g/mol. The van der Waals surface area contributed by atoms with Gasteiger partial charge >= 0.3 is 0 Å². The van der Waals surface area contributed by atoms with Crippen LogP contribution in [-0.4, -0.2) is 23.9 Å². The molecule has 0 spiro atoms. The molecule has 22 heavy (non-hydrogen) atoms. The molecule has 0 aliphatic rings. The Balaban J connectivity index is 2.16. The van der Waals surface area contributed by atoms with Crippen molar-refractivity contribution in [2.75, 3.05) is 0 Å². The lowest BCUT2D eigenvalue weighted by Crippen LogP contribution is -2.42. The van der Waals surface area contributed by atoms with Crippen molar-refractivity contribution in [2.45, 2.75) is 4.90 Å². The summed E-state index contributed by atoms with van der Waals surface area (Å²) in [6.45, 7) is 0. The Bertz CT molecular complexity index is 838. The first-order valence-corrected chi connectivity index (χ1v) is 8.70. The van der Waals surface area contributed by atoms with E-state index in [1.807, 2.05) is 4.83 Å². The van der Waals surface area contributed by atoms with Crippen LogP contribution in [0.2, 0.25) is 10.3 Å². The van der Waals surface area contributed by atoms with Gasteiger partial charge in [0.1, 0.15) is 15.7 Å². The summed E-state index contributed by atoms with van der Waals surface area (Å²) in [7, 11) is -2.43. The van der Waals surface area contributed by atoms with Crippen molar-refractivity contribution in [3.8, 4) is 0 Å². The third kappa shape index (κ3) is 3.79. The molecule has 0 aliphatic heterocycles. The zero-order valence-corrected chi connectivity index (χ0v) is 14.9. The summed E-state index contributed by atoms with van der Waals surface area (Å²) in [5.41, 5.74) is 2.35. The molecule has 2 rings (SSSR count). The van der Waals surface area contributed by atoms with Crippen LogP contribution in [0, 0.1) is 0 Å². The van der Waals surface area contributed by atoms with E-state index in [2.05, 4.69) is 26.3 Å². The lowest BCUT2D eigenvalue weighted by Gasteiger charge is -2.09. The molecule has 2 aromatic rings. The molecule has 0 bridgehead atoms. The summed E-state index contributed by atoms with van der Waals surface area (Å²) in [6, 6.07) is 4.00. The second kappa shape index (κ2) is 6.55. The van der Waals surface area contributed by atoms with E-state index in [-0.39, 0.29) is 20.9 Å². The maximum absolute atomic E-state index is 12.1. The van der Waals surface area contributed by atoms with Gasteiger partial charge in [0.05, 0.1) is 0 Å². The van der Waals surface area contributed by atoms with E-state index in [9.17, 15) is 13.2 Å². The normalized spacial score (nSPS) is 11.5. The summed E-state index contributed by atoms with van der Waals surface area (Å²) in [6.07, 6.45) is 1.66. The van der Waals surface area contributed by atoms with E-state index in [4.69, 9.17) is 23.2 Å². The Morgan fingerprint density at radius 3 is 2.59 bits per heavy atom. The van der Waals surface area contributed by atoms with Crippen LogP contribution < -0.4 is 10.3 Å². The molecule has 2 heterocycles. The first kappa shape index (κ1) is 17.2. The van der Waals surface area contributed by atoms with Crippen molar-refractivity contribution < 1.29 is 13.2 Å². The predicted molar refractivity (Wildman–Crippen MR) is 85.2 cm³/mol. The number of hydrogen-bond acceptors (Lipinski definition) is 4. The highest BCUT2D eigenvalue weighted by Crippen LogP contribution is 2.21. The van der Waals surface area contributed by atoms with E-state index in [0.717, 1.165) is 0 Å². The minimum Gasteiger partial charge on any atom is -0.345 e. The van der Waals surface area contributed by atoms with Crippen molar-refractivity contribution in [1.29, 1.82) is 0 Å². The molecule has 2 N–H and O–H groups in total. The number of amides is 1. The molecule has 11 heteroatoms. The Morgan fingerprint density at radius 2 is 2.05 bits per heavy atom. The largest absolute Gasteiger partial charge is 0.345 e. The van der Waals surface area contributed by atoms with Crippen LogP contribution >= 0.6 is 39.1 Å². The van der Waals surface area contributed by atoms with Gasteiger partial charge in [0.25, 0.3) is 15.9 Å². The van der Waals surface area contributed by atoms with Gasteiger partial charge in [-0.05, 0) is 34.1 Å². The zero-order valence-electron chi connectivity index (χ0n) is 11.0. The maximum atomic E-state index is 12.1. The summed E-state index contributed by atoms with van der Waals surface area (Å²) in [5, 5.41) is -0.238. The molecule has 0 saturated carbocycles. The number of nitrogens with zero attached hydrogens (tertiary/aromatic N) is 2. The SMILES string of the molecule is Cn1cc(Br)cc1C(=O)NNS(=O)(=O)c1ccc(Cl)nc1Cl. The number of nitrogens with one attached hydrogen (secondary N) is 2. The van der Waals surface area contributed by atoms with Gasteiger partial charge < -0.3 is 4.57 Å². The lowest BCUT2D eigenvalue weighted by molar-refractivity contribution is 0.0937. The third-order valence-electron chi connectivity index (χ3n) is 2.57. The number of aromatic nitrogens is 2. The van der Waals surface area contributed by atoms with Crippen LogP contribution in [0.1, 0.15) is 10.5 Å². The highest BCUT2D eigenvalue weighted by atomic mass is 79.9. The van der Waals surface area contributed by atoms with E-state index < -0.39 is 15.9 Å². The molecule has 7 nitrogen and oxygen atoms in total. The number of carbonyl (C=O) groups is 1. The smallest absolute Gasteiger partial charge is 0.282 e. The van der Waals surface area contributed by atoms with Gasteiger partial charge in [-0.1, -0.05) is 23.2 Å². The number of hydrogen-bond donors (Lipinski definition) is 2. The first-order chi connectivity index (χ1) is 10.2. The fraction of sp³-hybridized carbons (Fsp3) is 0.0909. The number of sulfonamides is 1. The van der Waals surface area contributed by atoms with Crippen molar-refractivity contribution in [3.05, 3.63) is 44.9 Å². The second-order valence-corrected chi connectivity index (χ2v) is 7.45. The molecule has 0 unspecified atom stereocenters. The molecule has 0 atom stereocenters. The first-order valence-electron chi connectivity index (χ1n) is 5.67. The topological polar surface area (TPSA) is 93.1 Å². The number of halogens is 3. The Kier molecular flexibility index (Phi) is 5.13. The van der Waals surface area contributed by atoms with Gasteiger partial charge in [0.15, 0.2) is 5.15 Å². The van der Waals surface area contributed by atoms with Crippen LogP contribution in [0.15, 0.2) is 33.8 Å². The molecule has 2 aromatic heterocycles. The van der Waals surface area contributed by atoms with E-state index in [1.165, 1.54) is 16.7 Å². The molecule has 118 valence electrons. The van der Waals surface area contributed by atoms with Gasteiger partial charge in [-0.3, -0.25) is 10.2 Å². The predicted octanol–water partition coefficient (Wildman–Crippen LogP) is 2.11. The zero-order chi connectivity index (χ0) is 16.5. The number of carbonyl (C=O) groups excluding carboxylic acids is 1. The fourth-order valence-corrected chi connectivity index (χ4v) is 3.61. The van der Waals surface area contributed by atoms with Gasteiger partial charge in [-0.15, -0.1) is 4.83 Å². The fourth-order valence-electron chi connectivity index (χ4n) is 1.58. The minimum atomic E-state index is -4.07.